The molecule has 1 amide bonds. The van der Waals surface area contributed by atoms with Crippen molar-refractivity contribution in [3.05, 3.63) is 16.1 Å². The van der Waals surface area contributed by atoms with Crippen molar-refractivity contribution in [2.24, 2.45) is 0 Å². The number of nitrogens with zero attached hydrogens (tertiary/aromatic N) is 3. The van der Waals surface area contributed by atoms with Crippen LogP contribution in [-0.2, 0) is 0 Å². The van der Waals surface area contributed by atoms with E-state index >= 15 is 0 Å². The van der Waals surface area contributed by atoms with Crippen LogP contribution in [0.1, 0.15) is 86.1 Å². The van der Waals surface area contributed by atoms with Crippen LogP contribution in [0.4, 0.5) is 0 Å². The third-order valence-corrected chi connectivity index (χ3v) is 7.53. The van der Waals surface area contributed by atoms with Gasteiger partial charge in [0.05, 0.1) is 5.01 Å². The molecule has 1 aromatic rings. The highest BCUT2D eigenvalue weighted by atomic mass is 32.1. The average molecular weight is 362 g/mol. The van der Waals surface area contributed by atoms with Crippen LogP contribution in [0.15, 0.2) is 5.38 Å². The summed E-state index contributed by atoms with van der Waals surface area (Å²) >= 11 is 1.71. The minimum absolute atomic E-state index is 0.151. The summed E-state index contributed by atoms with van der Waals surface area (Å²) < 4.78 is 0. The van der Waals surface area contributed by atoms with E-state index in [2.05, 4.69) is 11.8 Å². The molecule has 3 aliphatic rings. The first kappa shape index (κ1) is 17.5. The summed E-state index contributed by atoms with van der Waals surface area (Å²) in [5.41, 5.74) is 0.687. The zero-order chi connectivity index (χ0) is 17.2. The second-order valence-electron chi connectivity index (χ2n) is 8.16. The van der Waals surface area contributed by atoms with Crippen LogP contribution in [0.5, 0.6) is 0 Å². The Bertz CT molecular complexity index is 588. The van der Waals surface area contributed by atoms with E-state index in [0.717, 1.165) is 25.4 Å². The lowest BCUT2D eigenvalue weighted by atomic mass is 9.96. The maximum atomic E-state index is 12.8. The summed E-state index contributed by atoms with van der Waals surface area (Å²) in [7, 11) is 0. The highest BCUT2D eigenvalue weighted by molar-refractivity contribution is 7.09. The number of aromatic nitrogens is 1. The van der Waals surface area contributed by atoms with Crippen molar-refractivity contribution in [2.75, 3.05) is 19.6 Å². The molecular formula is C20H31N3OS. The van der Waals surface area contributed by atoms with Crippen molar-refractivity contribution >= 4 is 17.2 Å². The zero-order valence-electron chi connectivity index (χ0n) is 15.5. The molecule has 4 rings (SSSR count). The second kappa shape index (κ2) is 7.75. The number of piperidine rings is 2. The molecule has 0 spiro atoms. The van der Waals surface area contributed by atoms with Crippen molar-refractivity contribution in [3.8, 4) is 0 Å². The minimum Gasteiger partial charge on any atom is -0.335 e. The molecule has 2 aliphatic heterocycles. The van der Waals surface area contributed by atoms with Crippen molar-refractivity contribution in [2.45, 2.75) is 82.7 Å². The normalized spacial score (nSPS) is 27.1. The number of rotatable bonds is 3. The van der Waals surface area contributed by atoms with E-state index < -0.39 is 0 Å². The van der Waals surface area contributed by atoms with Gasteiger partial charge in [-0.1, -0.05) is 12.8 Å². The summed E-state index contributed by atoms with van der Waals surface area (Å²) in [6.07, 6.45) is 11.5. The number of likely N-dealkylation sites (tertiary alicyclic amines) is 2. The predicted octanol–water partition coefficient (Wildman–Crippen LogP) is 4.28. The van der Waals surface area contributed by atoms with E-state index in [-0.39, 0.29) is 5.91 Å². The quantitative estimate of drug-likeness (QED) is 0.806. The molecule has 1 aliphatic carbocycles. The predicted molar refractivity (Wildman–Crippen MR) is 102 cm³/mol. The molecule has 1 atom stereocenters. The molecule has 3 fully saturated rings. The molecule has 2 saturated heterocycles. The van der Waals surface area contributed by atoms with Gasteiger partial charge in [-0.15, -0.1) is 11.3 Å². The second-order valence-corrected chi connectivity index (χ2v) is 9.05. The number of amides is 1. The fourth-order valence-corrected chi connectivity index (χ4v) is 5.87. The molecule has 0 bridgehead atoms. The monoisotopic (exact) mass is 361 g/mol. The smallest absolute Gasteiger partial charge is 0.273 e. The zero-order valence-corrected chi connectivity index (χ0v) is 16.3. The van der Waals surface area contributed by atoms with Crippen LogP contribution in [0.2, 0.25) is 0 Å². The maximum absolute atomic E-state index is 12.8. The molecule has 0 aromatic carbocycles. The van der Waals surface area contributed by atoms with Gasteiger partial charge >= 0.3 is 0 Å². The summed E-state index contributed by atoms with van der Waals surface area (Å²) in [5, 5.41) is 3.20. The fraction of sp³-hybridized carbons (Fsp3) is 0.800. The van der Waals surface area contributed by atoms with Crippen LogP contribution < -0.4 is 0 Å². The van der Waals surface area contributed by atoms with E-state index in [4.69, 9.17) is 4.98 Å². The number of carbonyl (C=O) groups excluding carboxylic acids is 1. The van der Waals surface area contributed by atoms with E-state index in [1.165, 1.54) is 63.0 Å². The molecule has 5 heteroatoms. The van der Waals surface area contributed by atoms with Gasteiger partial charge in [0, 0.05) is 29.9 Å². The van der Waals surface area contributed by atoms with Crippen LogP contribution in [0.25, 0.3) is 0 Å². The molecule has 1 unspecified atom stereocenters. The first-order valence-electron chi connectivity index (χ1n) is 10.2. The summed E-state index contributed by atoms with van der Waals surface area (Å²) in [5.74, 6) is 0.709. The summed E-state index contributed by atoms with van der Waals surface area (Å²) in [6, 6.07) is 1.20. The van der Waals surface area contributed by atoms with Crippen LogP contribution in [-0.4, -0.2) is 52.4 Å². The average Bonchev–Trinajstić information content (AvgIpc) is 3.34. The molecule has 0 radical (unpaired) electrons. The lowest BCUT2D eigenvalue weighted by molar-refractivity contribution is 0.0630. The van der Waals surface area contributed by atoms with Gasteiger partial charge in [0.2, 0.25) is 0 Å². The Morgan fingerprint density at radius 1 is 1.04 bits per heavy atom. The fourth-order valence-electron chi connectivity index (χ4n) is 4.90. The van der Waals surface area contributed by atoms with E-state index in [1.807, 2.05) is 10.3 Å². The SMILES string of the molecule is CC1CCCCN1C(=O)c1csc(C2CCN(C3CCCC3)CC2)n1. The van der Waals surface area contributed by atoms with Crippen molar-refractivity contribution in [3.63, 3.8) is 0 Å². The minimum atomic E-state index is 0.151. The molecular weight excluding hydrogens is 330 g/mol. The molecule has 1 aromatic heterocycles. The topological polar surface area (TPSA) is 36.4 Å². The largest absolute Gasteiger partial charge is 0.335 e. The molecule has 0 N–H and O–H groups in total. The number of hydrogen-bond donors (Lipinski definition) is 0. The van der Waals surface area contributed by atoms with E-state index in [0.29, 0.717) is 17.7 Å². The maximum Gasteiger partial charge on any atom is 0.273 e. The highest BCUT2D eigenvalue weighted by Gasteiger charge is 2.30. The van der Waals surface area contributed by atoms with Gasteiger partial charge < -0.3 is 9.80 Å². The van der Waals surface area contributed by atoms with Crippen LogP contribution in [0, 0.1) is 0 Å². The first-order valence-corrected chi connectivity index (χ1v) is 11.1. The number of thiazole rings is 1. The Balaban J connectivity index is 1.36. The third-order valence-electron chi connectivity index (χ3n) is 6.52. The van der Waals surface area contributed by atoms with Gasteiger partial charge in [-0.3, -0.25) is 4.79 Å². The Labute approximate surface area is 155 Å². The first-order chi connectivity index (χ1) is 12.2. The summed E-state index contributed by atoms with van der Waals surface area (Å²) in [6.45, 7) is 5.48. The molecule has 25 heavy (non-hydrogen) atoms. The van der Waals surface area contributed by atoms with E-state index in [9.17, 15) is 4.79 Å². The van der Waals surface area contributed by atoms with Crippen molar-refractivity contribution in [1.82, 2.24) is 14.8 Å². The van der Waals surface area contributed by atoms with Crippen LogP contribution in [0.3, 0.4) is 0 Å². The van der Waals surface area contributed by atoms with Gasteiger partial charge in [0.15, 0.2) is 0 Å². The molecule has 1 saturated carbocycles. The third kappa shape index (κ3) is 3.77. The molecule has 4 nitrogen and oxygen atoms in total. The number of hydrogen-bond acceptors (Lipinski definition) is 4. The number of carbonyl (C=O) groups is 1. The highest BCUT2D eigenvalue weighted by Crippen LogP contribution is 2.34. The van der Waals surface area contributed by atoms with Gasteiger partial charge in [-0.25, -0.2) is 4.98 Å². The Kier molecular flexibility index (Phi) is 5.41. The van der Waals surface area contributed by atoms with Gasteiger partial charge in [-0.2, -0.15) is 0 Å². The van der Waals surface area contributed by atoms with Gasteiger partial charge in [-0.05, 0) is 65.0 Å². The van der Waals surface area contributed by atoms with Crippen molar-refractivity contribution < 1.29 is 4.79 Å². The lowest BCUT2D eigenvalue weighted by Gasteiger charge is -2.35. The molecule has 3 heterocycles. The standard InChI is InChI=1S/C20H31N3OS/c1-15-6-4-5-11-23(15)20(24)18-14-25-19(21-18)16-9-12-22(13-10-16)17-7-2-3-8-17/h14-17H,2-13H2,1H3. The Morgan fingerprint density at radius 2 is 1.76 bits per heavy atom. The van der Waals surface area contributed by atoms with Gasteiger partial charge in [0.1, 0.15) is 5.69 Å². The van der Waals surface area contributed by atoms with Crippen molar-refractivity contribution in [1.29, 1.82) is 0 Å². The Morgan fingerprint density at radius 3 is 2.48 bits per heavy atom. The summed E-state index contributed by atoms with van der Waals surface area (Å²) in [4.78, 5) is 22.3. The molecule has 138 valence electrons. The Hall–Kier alpha value is -0.940. The van der Waals surface area contributed by atoms with Gasteiger partial charge in [0.25, 0.3) is 5.91 Å². The van der Waals surface area contributed by atoms with E-state index in [1.54, 1.807) is 11.3 Å². The lowest BCUT2D eigenvalue weighted by Crippen LogP contribution is -2.42. The van der Waals surface area contributed by atoms with Crippen LogP contribution >= 0.6 is 11.3 Å².